The summed E-state index contributed by atoms with van der Waals surface area (Å²) >= 11 is 0. The molecule has 5 aliphatic rings. The molecule has 1 heterocycles. The van der Waals surface area contributed by atoms with E-state index in [1.165, 1.54) is 0 Å². The van der Waals surface area contributed by atoms with Crippen LogP contribution in [0.1, 0.15) is 46.0 Å². The molecule has 210 valence electrons. The molecule has 1 saturated heterocycles. The highest BCUT2D eigenvalue weighted by atomic mass is 16.5. The van der Waals surface area contributed by atoms with Crippen LogP contribution in [0.25, 0.3) is 0 Å². The summed E-state index contributed by atoms with van der Waals surface area (Å²) in [5, 5.41) is 32.4. The van der Waals surface area contributed by atoms with Crippen molar-refractivity contribution in [1.29, 1.82) is 0 Å². The van der Waals surface area contributed by atoms with Gasteiger partial charge in [0.2, 0.25) is 5.78 Å². The van der Waals surface area contributed by atoms with Gasteiger partial charge < -0.3 is 20.1 Å². The zero-order chi connectivity index (χ0) is 27.3. The lowest BCUT2D eigenvalue weighted by molar-refractivity contribution is -0.181. The van der Waals surface area contributed by atoms with E-state index < -0.39 is 40.9 Å². The Labute approximate surface area is 224 Å². The number of aliphatic hydroxyl groups is 3. The van der Waals surface area contributed by atoms with Gasteiger partial charge in [0, 0.05) is 49.5 Å². The van der Waals surface area contributed by atoms with Crippen LogP contribution < -0.4 is 0 Å². The van der Waals surface area contributed by atoms with Crippen molar-refractivity contribution in [3.63, 3.8) is 0 Å². The van der Waals surface area contributed by atoms with E-state index in [0.717, 1.165) is 31.5 Å². The number of fused-ring (bicyclic) bond motifs is 5. The topological polar surface area (TPSA) is 128 Å². The molecule has 3 N–H and O–H groups in total. The lowest BCUT2D eigenvalue weighted by Gasteiger charge is -2.59. The maximum atomic E-state index is 13.4. The molecular weight excluding hydrogens is 488 g/mol. The Balaban J connectivity index is 1.23. The molecule has 0 spiro atoms. The van der Waals surface area contributed by atoms with Crippen LogP contribution in [0, 0.1) is 28.6 Å². The first-order valence-electron chi connectivity index (χ1n) is 14.1. The summed E-state index contributed by atoms with van der Waals surface area (Å²) < 4.78 is 5.36. The number of esters is 1. The van der Waals surface area contributed by atoms with Gasteiger partial charge in [-0.2, -0.15) is 0 Å². The van der Waals surface area contributed by atoms with Crippen LogP contribution in [0.5, 0.6) is 0 Å². The van der Waals surface area contributed by atoms with Crippen molar-refractivity contribution >= 4 is 17.5 Å². The van der Waals surface area contributed by atoms with Crippen LogP contribution in [-0.4, -0.2) is 107 Å². The van der Waals surface area contributed by atoms with E-state index in [0.29, 0.717) is 32.5 Å². The van der Waals surface area contributed by atoms with Gasteiger partial charge in [0.05, 0.1) is 19.3 Å². The fraction of sp³-hybridized carbons (Fsp3) is 0.759. The van der Waals surface area contributed by atoms with Gasteiger partial charge in [-0.3, -0.25) is 24.2 Å². The number of carbonyl (C=O) groups excluding carboxylic acids is 3. The number of hydrogen-bond donors (Lipinski definition) is 3. The molecule has 7 atom stereocenters. The van der Waals surface area contributed by atoms with Gasteiger partial charge in [0.15, 0.2) is 12.4 Å². The molecule has 4 aliphatic carbocycles. The number of ether oxygens (including phenoxy) is 1. The standard InChI is InChI=1S/C29H42N2O7/c1-27-7-5-20(33)15-19(27)3-4-21-22-6-8-29(37,28(22,2)16-23(34)26(21)27)24(35)18-38-25(36)17-31-11-9-30(10-12-31)13-14-32/h5,7,15,21-23,26,32,34,37H,3-4,6,8-14,16-18H2,1-2H3/t21-,22-,23?,26+,27-,28-,29-/m0/s1. The summed E-state index contributed by atoms with van der Waals surface area (Å²) in [5.74, 6) is -0.875. The minimum absolute atomic E-state index is 0.00888. The van der Waals surface area contributed by atoms with Crippen molar-refractivity contribution in [1.82, 2.24) is 9.80 Å². The Morgan fingerprint density at radius 1 is 1.13 bits per heavy atom. The number of β-amino-alcohol motifs (C(OH)–C–C–N with tert-alkyl or cyclic N) is 1. The third kappa shape index (κ3) is 4.50. The molecule has 0 aromatic heterocycles. The van der Waals surface area contributed by atoms with Crippen molar-refractivity contribution in [2.75, 3.05) is 52.5 Å². The number of piperazine rings is 1. The molecule has 0 aromatic carbocycles. The maximum Gasteiger partial charge on any atom is 0.320 e. The summed E-state index contributed by atoms with van der Waals surface area (Å²) in [6, 6.07) is 0. The van der Waals surface area contributed by atoms with Crippen molar-refractivity contribution in [3.05, 3.63) is 23.8 Å². The van der Waals surface area contributed by atoms with Gasteiger partial charge in [-0.1, -0.05) is 25.5 Å². The molecular formula is C29H42N2O7. The number of rotatable bonds is 7. The lowest BCUT2D eigenvalue weighted by atomic mass is 9.46. The van der Waals surface area contributed by atoms with Crippen LogP contribution in [0.4, 0.5) is 0 Å². The Morgan fingerprint density at radius 2 is 1.84 bits per heavy atom. The largest absolute Gasteiger partial charge is 0.457 e. The first-order valence-corrected chi connectivity index (χ1v) is 14.1. The monoisotopic (exact) mass is 530 g/mol. The predicted molar refractivity (Wildman–Crippen MR) is 139 cm³/mol. The molecule has 1 aliphatic heterocycles. The van der Waals surface area contributed by atoms with E-state index in [2.05, 4.69) is 11.8 Å². The van der Waals surface area contributed by atoms with Gasteiger partial charge in [-0.25, -0.2) is 0 Å². The van der Waals surface area contributed by atoms with Crippen molar-refractivity contribution in [3.8, 4) is 0 Å². The van der Waals surface area contributed by atoms with Gasteiger partial charge >= 0.3 is 5.97 Å². The lowest BCUT2D eigenvalue weighted by Crippen LogP contribution is -2.61. The van der Waals surface area contributed by atoms with Gasteiger partial charge in [0.1, 0.15) is 5.60 Å². The third-order valence-electron chi connectivity index (χ3n) is 10.7. The molecule has 4 fully saturated rings. The van der Waals surface area contributed by atoms with E-state index >= 15 is 0 Å². The van der Waals surface area contributed by atoms with Crippen LogP contribution in [0.15, 0.2) is 23.8 Å². The second kappa shape index (κ2) is 10.2. The molecule has 0 radical (unpaired) electrons. The van der Waals surface area contributed by atoms with Crippen molar-refractivity contribution in [2.24, 2.45) is 28.6 Å². The Bertz CT molecular complexity index is 1030. The Kier molecular flexibility index (Phi) is 7.45. The molecule has 0 bridgehead atoms. The molecule has 38 heavy (non-hydrogen) atoms. The fourth-order valence-electron chi connectivity index (χ4n) is 8.59. The third-order valence-corrected chi connectivity index (χ3v) is 10.7. The number of hydrogen-bond acceptors (Lipinski definition) is 9. The molecule has 5 rings (SSSR count). The highest BCUT2D eigenvalue weighted by Crippen LogP contribution is 2.67. The van der Waals surface area contributed by atoms with Gasteiger partial charge in [-0.05, 0) is 56.1 Å². The zero-order valence-electron chi connectivity index (χ0n) is 22.6. The molecule has 3 saturated carbocycles. The Hall–Kier alpha value is -1.91. The maximum absolute atomic E-state index is 13.4. The highest BCUT2D eigenvalue weighted by Gasteiger charge is 2.68. The average molecular weight is 531 g/mol. The molecule has 0 amide bonds. The van der Waals surface area contributed by atoms with Crippen LogP contribution in [0.2, 0.25) is 0 Å². The first-order chi connectivity index (χ1) is 18.0. The second-order valence-electron chi connectivity index (χ2n) is 12.5. The highest BCUT2D eigenvalue weighted by molar-refractivity contribution is 6.01. The van der Waals surface area contributed by atoms with Gasteiger partial charge in [0.25, 0.3) is 0 Å². The van der Waals surface area contributed by atoms with E-state index in [1.807, 2.05) is 17.9 Å². The minimum atomic E-state index is -1.66. The number of ketones is 2. The molecule has 1 unspecified atom stereocenters. The molecule has 9 nitrogen and oxygen atoms in total. The van der Waals surface area contributed by atoms with Crippen LogP contribution >= 0.6 is 0 Å². The first kappa shape index (κ1) is 27.6. The van der Waals surface area contributed by atoms with Gasteiger partial charge in [-0.15, -0.1) is 0 Å². The van der Waals surface area contributed by atoms with E-state index in [4.69, 9.17) is 9.84 Å². The summed E-state index contributed by atoms with van der Waals surface area (Å²) in [5.41, 5.74) is -1.80. The number of nitrogens with zero attached hydrogens (tertiary/aromatic N) is 2. The van der Waals surface area contributed by atoms with Crippen LogP contribution in [0.3, 0.4) is 0 Å². The number of aliphatic hydroxyl groups excluding tert-OH is 2. The fourth-order valence-corrected chi connectivity index (χ4v) is 8.59. The van der Waals surface area contributed by atoms with E-state index in [9.17, 15) is 24.6 Å². The molecule has 0 aromatic rings. The smallest absolute Gasteiger partial charge is 0.320 e. The SMILES string of the molecule is C[C@]12C=CC(=O)C=C1CC[C@@H]1[C@@H]2C(O)C[C@@]2(C)[C@H]1CC[C@]2(O)C(=O)COC(=O)CN1CCN(CCO)CC1. The van der Waals surface area contributed by atoms with E-state index in [1.54, 1.807) is 12.2 Å². The van der Waals surface area contributed by atoms with Crippen LogP contribution in [-0.2, 0) is 19.1 Å². The number of carbonyl (C=O) groups is 3. The summed E-state index contributed by atoms with van der Waals surface area (Å²) in [6.07, 6.45) is 7.39. The predicted octanol–water partition coefficient (Wildman–Crippen LogP) is 0.718. The molecule has 9 heteroatoms. The summed E-state index contributed by atoms with van der Waals surface area (Å²) in [6.45, 7) is 7.27. The normalized spacial score (nSPS) is 41.2. The minimum Gasteiger partial charge on any atom is -0.457 e. The number of Topliss-reactive ketones (excluding diaryl/α,β-unsaturated/α-hetero) is 1. The van der Waals surface area contributed by atoms with E-state index in [-0.39, 0.29) is 43.1 Å². The quantitative estimate of drug-likeness (QED) is 0.408. The Morgan fingerprint density at radius 3 is 2.55 bits per heavy atom. The second-order valence-corrected chi connectivity index (χ2v) is 12.5. The summed E-state index contributed by atoms with van der Waals surface area (Å²) in [4.78, 5) is 42.0. The zero-order valence-corrected chi connectivity index (χ0v) is 22.6. The average Bonchev–Trinajstić information content (AvgIpc) is 3.15. The van der Waals surface area contributed by atoms with Crippen molar-refractivity contribution in [2.45, 2.75) is 57.7 Å². The number of allylic oxidation sites excluding steroid dienone is 4. The summed E-state index contributed by atoms with van der Waals surface area (Å²) in [7, 11) is 0. The van der Waals surface area contributed by atoms with Crippen molar-refractivity contribution < 1.29 is 34.4 Å².